The summed E-state index contributed by atoms with van der Waals surface area (Å²) in [4.78, 5) is 15.8. The molecule has 35 heavy (non-hydrogen) atoms. The number of hydrogen-bond acceptors (Lipinski definition) is 6. The zero-order chi connectivity index (χ0) is 25.0. The minimum absolute atomic E-state index is 0.0730. The molecular weight excluding hydrogens is 506 g/mol. The van der Waals surface area contributed by atoms with E-state index >= 15 is 0 Å². The highest BCUT2D eigenvalue weighted by atomic mass is 35.5. The number of nitrogens with zero attached hydrogens (tertiary/aromatic N) is 1. The van der Waals surface area contributed by atoms with Gasteiger partial charge in [0.25, 0.3) is 10.1 Å². The minimum atomic E-state index is -4.09. The molecule has 1 atom stereocenters. The Bertz CT molecular complexity index is 1450. The number of thiophene rings is 1. The fourth-order valence-corrected chi connectivity index (χ4v) is 5.74. The topological polar surface area (TPSA) is 83.9 Å². The van der Waals surface area contributed by atoms with E-state index in [4.69, 9.17) is 20.9 Å². The van der Waals surface area contributed by atoms with Crippen molar-refractivity contribution in [1.29, 1.82) is 0 Å². The van der Waals surface area contributed by atoms with E-state index in [0.29, 0.717) is 5.02 Å². The van der Waals surface area contributed by atoms with E-state index in [1.165, 1.54) is 29.7 Å². The van der Waals surface area contributed by atoms with E-state index in [9.17, 15) is 13.2 Å². The Morgan fingerprint density at radius 2 is 1.77 bits per heavy atom. The third kappa shape index (κ3) is 5.91. The lowest BCUT2D eigenvalue weighted by Crippen LogP contribution is -2.38. The molecule has 4 aromatic rings. The van der Waals surface area contributed by atoms with Crippen molar-refractivity contribution in [2.24, 2.45) is 0 Å². The number of fused-ring (bicyclic) bond motifs is 2. The average molecular weight is 530 g/mol. The number of ether oxygens (including phenoxy) is 1. The smallest absolute Gasteiger partial charge is 0.327 e. The van der Waals surface area contributed by atoms with Gasteiger partial charge in [0.05, 0.1) is 12.0 Å². The first-order valence-electron chi connectivity index (χ1n) is 10.9. The molecular formula is C26H24ClNO5S2. The summed E-state index contributed by atoms with van der Waals surface area (Å²) < 4.78 is 35.5. The van der Waals surface area contributed by atoms with Crippen LogP contribution in [0, 0.1) is 0 Å². The maximum Gasteiger partial charge on any atom is 0.327 e. The molecule has 0 saturated heterocycles. The molecule has 0 fully saturated rings. The molecule has 0 spiro atoms. The summed E-state index contributed by atoms with van der Waals surface area (Å²) in [6.07, 6.45) is 0.963. The Hall–Kier alpha value is -2.75. The molecule has 0 aliphatic carbocycles. The predicted molar refractivity (Wildman–Crippen MR) is 138 cm³/mol. The molecule has 9 heteroatoms. The van der Waals surface area contributed by atoms with Crippen LogP contribution in [0.5, 0.6) is 0 Å². The van der Waals surface area contributed by atoms with Gasteiger partial charge >= 0.3 is 5.97 Å². The second-order valence-corrected chi connectivity index (χ2v) is 10.9. The molecule has 0 radical (unpaired) electrons. The number of halogens is 1. The Balaban J connectivity index is 0.000000179. The second-order valence-electron chi connectivity index (χ2n) is 8.02. The number of esters is 1. The Morgan fingerprint density at radius 1 is 1.06 bits per heavy atom. The number of hydrogen-bond donors (Lipinski definition) is 1. The van der Waals surface area contributed by atoms with Gasteiger partial charge in [-0.15, -0.1) is 11.3 Å². The van der Waals surface area contributed by atoms with Gasteiger partial charge in [-0.05, 0) is 58.0 Å². The summed E-state index contributed by atoms with van der Waals surface area (Å²) in [6, 6.07) is 21.0. The summed E-state index contributed by atoms with van der Waals surface area (Å²) in [5, 5.41) is 4.45. The molecule has 5 rings (SSSR count). The van der Waals surface area contributed by atoms with Crippen molar-refractivity contribution in [2.45, 2.75) is 23.9 Å². The van der Waals surface area contributed by atoms with Crippen LogP contribution in [0.15, 0.2) is 83.1 Å². The van der Waals surface area contributed by atoms with E-state index in [1.807, 2.05) is 42.5 Å². The molecule has 0 amide bonds. The largest absolute Gasteiger partial charge is 0.468 e. The average Bonchev–Trinajstić information content (AvgIpc) is 3.33. The molecule has 1 aliphatic heterocycles. The highest BCUT2D eigenvalue weighted by Crippen LogP contribution is 2.33. The van der Waals surface area contributed by atoms with Crippen molar-refractivity contribution in [3.05, 3.63) is 99.2 Å². The predicted octanol–water partition coefficient (Wildman–Crippen LogP) is 5.76. The number of methoxy groups -OCH3 is 1. The Morgan fingerprint density at radius 3 is 2.49 bits per heavy atom. The van der Waals surface area contributed by atoms with E-state index in [-0.39, 0.29) is 10.9 Å². The second kappa shape index (κ2) is 10.9. The van der Waals surface area contributed by atoms with Crippen molar-refractivity contribution in [3.63, 3.8) is 0 Å². The van der Waals surface area contributed by atoms with Gasteiger partial charge in [-0.1, -0.05) is 60.1 Å². The lowest BCUT2D eigenvalue weighted by molar-refractivity contribution is -0.147. The molecule has 182 valence electrons. The molecule has 0 bridgehead atoms. The molecule has 1 N–H and O–H groups in total. The van der Waals surface area contributed by atoms with Crippen LogP contribution in [0.4, 0.5) is 0 Å². The summed E-state index contributed by atoms with van der Waals surface area (Å²) in [5.41, 5.74) is 2.11. The van der Waals surface area contributed by atoms with Gasteiger partial charge in [-0.3, -0.25) is 9.45 Å². The summed E-state index contributed by atoms with van der Waals surface area (Å²) in [7, 11) is -2.67. The third-order valence-electron chi connectivity index (χ3n) is 5.85. The first-order chi connectivity index (χ1) is 16.8. The van der Waals surface area contributed by atoms with Crippen LogP contribution >= 0.6 is 22.9 Å². The minimum Gasteiger partial charge on any atom is -0.468 e. The van der Waals surface area contributed by atoms with Gasteiger partial charge in [0.1, 0.15) is 6.04 Å². The highest BCUT2D eigenvalue weighted by Gasteiger charge is 2.32. The lowest BCUT2D eigenvalue weighted by Gasteiger charge is -2.33. The zero-order valence-corrected chi connectivity index (χ0v) is 21.3. The quantitative estimate of drug-likeness (QED) is 0.267. The lowest BCUT2D eigenvalue weighted by atomic mass is 10.0. The first-order valence-corrected chi connectivity index (χ1v) is 13.6. The van der Waals surface area contributed by atoms with Crippen molar-refractivity contribution in [1.82, 2.24) is 4.90 Å². The zero-order valence-electron chi connectivity index (χ0n) is 18.9. The van der Waals surface area contributed by atoms with Gasteiger partial charge in [-0.25, -0.2) is 4.79 Å². The van der Waals surface area contributed by atoms with Crippen molar-refractivity contribution in [2.75, 3.05) is 13.7 Å². The standard InChI is InChI=1S/C16H16ClNO2S.C10H8O3S/c1-20-16(19)15(12-4-2-3-5-13(12)17)18-8-6-14-11(10-18)7-9-21-14;11-14(12,13)10-6-5-8-3-1-2-4-9(8)7-10/h2-5,7,9,15H,6,8,10H2,1H3;1-7H,(H,11,12,13)/t15-;/m0./s1. The first kappa shape index (κ1) is 25.3. The fraction of sp³-hybridized carbons (Fsp3) is 0.192. The summed E-state index contributed by atoms with van der Waals surface area (Å²) in [5.74, 6) is -0.262. The van der Waals surface area contributed by atoms with Gasteiger partial charge in [0.15, 0.2) is 0 Å². The number of carbonyl (C=O) groups is 1. The number of benzene rings is 3. The number of carbonyl (C=O) groups excluding carboxylic acids is 1. The maximum absolute atomic E-state index is 12.3. The van der Waals surface area contributed by atoms with Crippen LogP contribution in [0.3, 0.4) is 0 Å². The van der Waals surface area contributed by atoms with E-state index in [1.54, 1.807) is 23.5 Å². The van der Waals surface area contributed by atoms with E-state index in [2.05, 4.69) is 16.3 Å². The van der Waals surface area contributed by atoms with Crippen LogP contribution in [0.1, 0.15) is 22.0 Å². The molecule has 0 unspecified atom stereocenters. The fourth-order valence-electron chi connectivity index (χ4n) is 4.10. The molecule has 6 nitrogen and oxygen atoms in total. The molecule has 2 heterocycles. The third-order valence-corrected chi connectivity index (χ3v) is 8.06. The van der Waals surface area contributed by atoms with Gasteiger partial charge < -0.3 is 4.74 Å². The van der Waals surface area contributed by atoms with Crippen LogP contribution in [-0.4, -0.2) is 37.5 Å². The summed E-state index contributed by atoms with van der Waals surface area (Å²) in [6.45, 7) is 1.59. The SMILES string of the molecule is COC(=O)[C@H](c1ccccc1Cl)N1CCc2sccc2C1.O=S(=O)(O)c1ccc2ccccc2c1. The molecule has 1 aromatic heterocycles. The van der Waals surface area contributed by atoms with Gasteiger partial charge in [-0.2, -0.15) is 8.42 Å². The molecule has 0 saturated carbocycles. The van der Waals surface area contributed by atoms with E-state index in [0.717, 1.165) is 35.8 Å². The number of rotatable bonds is 4. The van der Waals surface area contributed by atoms with Crippen LogP contribution in [0.25, 0.3) is 10.8 Å². The Labute approximate surface area is 213 Å². The Kier molecular flexibility index (Phi) is 7.88. The summed E-state index contributed by atoms with van der Waals surface area (Å²) >= 11 is 8.07. The molecule has 3 aromatic carbocycles. The normalized spacial score (nSPS) is 14.5. The molecule has 1 aliphatic rings. The highest BCUT2D eigenvalue weighted by molar-refractivity contribution is 7.85. The van der Waals surface area contributed by atoms with Crippen LogP contribution in [0.2, 0.25) is 5.02 Å². The van der Waals surface area contributed by atoms with Gasteiger partial charge in [0, 0.05) is 23.0 Å². The van der Waals surface area contributed by atoms with Crippen molar-refractivity contribution >= 4 is 49.8 Å². The van der Waals surface area contributed by atoms with Crippen LogP contribution < -0.4 is 0 Å². The van der Waals surface area contributed by atoms with Crippen LogP contribution in [-0.2, 0) is 32.6 Å². The van der Waals surface area contributed by atoms with E-state index < -0.39 is 16.2 Å². The maximum atomic E-state index is 12.3. The van der Waals surface area contributed by atoms with Crippen molar-refractivity contribution in [3.8, 4) is 0 Å². The van der Waals surface area contributed by atoms with Gasteiger partial charge in [0.2, 0.25) is 0 Å². The monoisotopic (exact) mass is 529 g/mol. The van der Waals surface area contributed by atoms with Crippen molar-refractivity contribution < 1.29 is 22.5 Å².